The van der Waals surface area contributed by atoms with Crippen LogP contribution in [0.5, 0.6) is 5.88 Å². The first kappa shape index (κ1) is 7.78. The minimum absolute atomic E-state index is 0.149. The maximum atomic E-state index is 5.44. The standard InChI is InChI=1S/C7H8N5O/c1-2-13-6-4-5(10-3-9-4)11-7(8)12-6/h3H,2H2,1H3,(H2-,8,9,10,11,12)/q-1. The molecule has 2 aromatic rings. The molecule has 6 heteroatoms. The Labute approximate surface area is 74.2 Å². The van der Waals surface area contributed by atoms with E-state index in [1.54, 1.807) is 0 Å². The van der Waals surface area contributed by atoms with Crippen molar-refractivity contribution in [3.8, 4) is 5.88 Å². The second-order valence-electron chi connectivity index (χ2n) is 2.37. The fourth-order valence-corrected chi connectivity index (χ4v) is 1.02. The van der Waals surface area contributed by atoms with Crippen molar-refractivity contribution < 1.29 is 4.74 Å². The Morgan fingerprint density at radius 1 is 1.54 bits per heavy atom. The molecule has 0 spiro atoms. The third-order valence-electron chi connectivity index (χ3n) is 1.50. The Bertz CT molecular complexity index is 424. The molecule has 2 N–H and O–H groups in total. The molecule has 0 saturated carbocycles. The number of aromatic nitrogens is 4. The van der Waals surface area contributed by atoms with Crippen LogP contribution >= 0.6 is 0 Å². The molecule has 2 aromatic heterocycles. The first-order chi connectivity index (χ1) is 6.31. The summed E-state index contributed by atoms with van der Waals surface area (Å²) in [5, 5.41) is 0. The van der Waals surface area contributed by atoms with E-state index in [0.717, 1.165) is 0 Å². The van der Waals surface area contributed by atoms with E-state index >= 15 is 0 Å². The SMILES string of the molecule is CCOc1nc(N)nc2[n-]cnc12. The van der Waals surface area contributed by atoms with Crippen LogP contribution in [0.2, 0.25) is 0 Å². The molecule has 13 heavy (non-hydrogen) atoms. The Balaban J connectivity index is 2.63. The lowest BCUT2D eigenvalue weighted by atomic mass is 10.5. The monoisotopic (exact) mass is 178 g/mol. The molecule has 2 rings (SSSR count). The third-order valence-corrected chi connectivity index (χ3v) is 1.50. The van der Waals surface area contributed by atoms with Gasteiger partial charge >= 0.3 is 0 Å². The van der Waals surface area contributed by atoms with Crippen molar-refractivity contribution in [3.05, 3.63) is 6.33 Å². The largest absolute Gasteiger partial charge is 0.477 e. The smallest absolute Gasteiger partial charge is 0.226 e. The fraction of sp³-hybridized carbons (Fsp3) is 0.286. The lowest BCUT2D eigenvalue weighted by Crippen LogP contribution is -2.01. The van der Waals surface area contributed by atoms with E-state index in [1.807, 2.05) is 6.92 Å². The topological polar surface area (TPSA) is 88.0 Å². The van der Waals surface area contributed by atoms with Crippen LogP contribution in [0.25, 0.3) is 11.2 Å². The summed E-state index contributed by atoms with van der Waals surface area (Å²) in [6.07, 6.45) is 1.40. The third kappa shape index (κ3) is 1.26. The average molecular weight is 178 g/mol. The molecule has 0 aliphatic heterocycles. The van der Waals surface area contributed by atoms with Gasteiger partial charge in [-0.25, -0.2) is 0 Å². The van der Waals surface area contributed by atoms with Crippen molar-refractivity contribution in [2.45, 2.75) is 6.92 Å². The van der Waals surface area contributed by atoms with Crippen LogP contribution < -0.4 is 15.5 Å². The van der Waals surface area contributed by atoms with Gasteiger partial charge in [-0.1, -0.05) is 0 Å². The number of imidazole rings is 1. The summed E-state index contributed by atoms with van der Waals surface area (Å²) in [4.78, 5) is 15.7. The highest BCUT2D eigenvalue weighted by atomic mass is 16.5. The minimum atomic E-state index is 0.149. The summed E-state index contributed by atoms with van der Waals surface area (Å²) < 4.78 is 5.22. The van der Waals surface area contributed by atoms with E-state index in [4.69, 9.17) is 10.5 Å². The van der Waals surface area contributed by atoms with Gasteiger partial charge in [0, 0.05) is 5.65 Å². The molecule has 0 aromatic carbocycles. The van der Waals surface area contributed by atoms with E-state index in [-0.39, 0.29) is 5.95 Å². The maximum absolute atomic E-state index is 5.44. The fourth-order valence-electron chi connectivity index (χ4n) is 1.02. The summed E-state index contributed by atoms with van der Waals surface area (Å²) in [7, 11) is 0. The molecule has 6 nitrogen and oxygen atoms in total. The van der Waals surface area contributed by atoms with Crippen LogP contribution in [0.15, 0.2) is 6.33 Å². The first-order valence-corrected chi connectivity index (χ1v) is 3.85. The highest BCUT2D eigenvalue weighted by Gasteiger charge is 2.01. The minimum Gasteiger partial charge on any atom is -0.477 e. The number of nitrogen functional groups attached to an aromatic ring is 1. The van der Waals surface area contributed by atoms with Crippen molar-refractivity contribution in [3.63, 3.8) is 0 Å². The molecule has 68 valence electrons. The predicted octanol–water partition coefficient (Wildman–Crippen LogP) is -0.0371. The second-order valence-corrected chi connectivity index (χ2v) is 2.37. The van der Waals surface area contributed by atoms with Crippen LogP contribution in [0.3, 0.4) is 0 Å². The molecular formula is C7H8N5O-. The number of rotatable bonds is 2. The summed E-state index contributed by atoms with van der Waals surface area (Å²) in [6, 6.07) is 0. The molecule has 0 amide bonds. The molecule has 0 fully saturated rings. The zero-order chi connectivity index (χ0) is 9.26. The van der Waals surface area contributed by atoms with Gasteiger partial charge in [0.15, 0.2) is 5.95 Å². The molecular weight excluding hydrogens is 170 g/mol. The zero-order valence-electron chi connectivity index (χ0n) is 7.06. The maximum Gasteiger partial charge on any atom is 0.226 e. The van der Waals surface area contributed by atoms with E-state index in [0.29, 0.717) is 23.7 Å². The second kappa shape index (κ2) is 2.89. The summed E-state index contributed by atoms with van der Waals surface area (Å²) in [5.41, 5.74) is 6.46. The van der Waals surface area contributed by atoms with Crippen LogP contribution in [-0.4, -0.2) is 21.6 Å². The zero-order valence-corrected chi connectivity index (χ0v) is 7.06. The number of anilines is 1. The molecule has 0 unspecified atom stereocenters. The van der Waals surface area contributed by atoms with Crippen molar-refractivity contribution >= 4 is 17.1 Å². The van der Waals surface area contributed by atoms with Gasteiger partial charge in [0.05, 0.1) is 12.1 Å². The van der Waals surface area contributed by atoms with E-state index in [1.165, 1.54) is 6.33 Å². The Kier molecular flexibility index (Phi) is 1.73. The van der Waals surface area contributed by atoms with E-state index < -0.39 is 0 Å². The van der Waals surface area contributed by atoms with Gasteiger partial charge in [0.25, 0.3) is 0 Å². The van der Waals surface area contributed by atoms with Gasteiger partial charge < -0.3 is 25.4 Å². The average Bonchev–Trinajstić information content (AvgIpc) is 2.52. The Hall–Kier alpha value is -1.85. The van der Waals surface area contributed by atoms with Gasteiger partial charge in [0.2, 0.25) is 5.88 Å². The number of hydrogen-bond acceptors (Lipinski definition) is 5. The number of hydrogen-bond donors (Lipinski definition) is 1. The predicted molar refractivity (Wildman–Crippen MR) is 46.2 cm³/mol. The number of ether oxygens (including phenoxy) is 1. The molecule has 0 radical (unpaired) electrons. The molecule has 2 heterocycles. The number of nitrogens with two attached hydrogens (primary N) is 1. The van der Waals surface area contributed by atoms with Gasteiger partial charge in [-0.05, 0) is 13.3 Å². The molecule has 0 aliphatic rings. The van der Waals surface area contributed by atoms with Crippen LogP contribution in [0.1, 0.15) is 6.92 Å². The summed E-state index contributed by atoms with van der Waals surface area (Å²) in [5.74, 6) is 0.541. The van der Waals surface area contributed by atoms with Gasteiger partial charge in [-0.3, -0.25) is 0 Å². The van der Waals surface area contributed by atoms with Crippen molar-refractivity contribution in [2.24, 2.45) is 0 Å². The molecule has 0 atom stereocenters. The van der Waals surface area contributed by atoms with Crippen molar-refractivity contribution in [1.82, 2.24) is 19.9 Å². The quantitative estimate of drug-likeness (QED) is 0.694. The van der Waals surface area contributed by atoms with Gasteiger partial charge in [0.1, 0.15) is 0 Å². The van der Waals surface area contributed by atoms with Crippen LogP contribution in [0, 0.1) is 0 Å². The van der Waals surface area contributed by atoms with E-state index in [9.17, 15) is 0 Å². The Morgan fingerprint density at radius 2 is 2.38 bits per heavy atom. The van der Waals surface area contributed by atoms with Crippen LogP contribution in [0.4, 0.5) is 5.95 Å². The normalized spacial score (nSPS) is 10.5. The van der Waals surface area contributed by atoms with E-state index in [2.05, 4.69) is 19.9 Å². The van der Waals surface area contributed by atoms with Gasteiger partial charge in [-0.15, -0.1) is 0 Å². The van der Waals surface area contributed by atoms with Crippen molar-refractivity contribution in [2.75, 3.05) is 12.3 Å². The van der Waals surface area contributed by atoms with Gasteiger partial charge in [-0.2, -0.15) is 4.98 Å². The number of fused-ring (bicyclic) bond motifs is 1. The summed E-state index contributed by atoms with van der Waals surface area (Å²) in [6.45, 7) is 2.37. The lowest BCUT2D eigenvalue weighted by Gasteiger charge is -2.06. The Morgan fingerprint density at radius 3 is 3.15 bits per heavy atom. The lowest BCUT2D eigenvalue weighted by molar-refractivity contribution is 0.331. The van der Waals surface area contributed by atoms with Crippen molar-refractivity contribution in [1.29, 1.82) is 0 Å². The molecule has 0 bridgehead atoms. The summed E-state index contributed by atoms with van der Waals surface area (Å²) >= 11 is 0. The molecule has 0 saturated heterocycles. The first-order valence-electron chi connectivity index (χ1n) is 3.85. The molecule has 0 aliphatic carbocycles. The highest BCUT2D eigenvalue weighted by molar-refractivity contribution is 5.76. The highest BCUT2D eigenvalue weighted by Crippen LogP contribution is 2.18. The number of nitrogens with zero attached hydrogens (tertiary/aromatic N) is 4. The van der Waals surface area contributed by atoms with Crippen LogP contribution in [-0.2, 0) is 0 Å².